The first-order chi connectivity index (χ1) is 20.3. The van der Waals surface area contributed by atoms with Gasteiger partial charge in [0.05, 0.1) is 39.1 Å². The summed E-state index contributed by atoms with van der Waals surface area (Å²) in [5, 5.41) is 23.1. The van der Waals surface area contributed by atoms with E-state index in [1.165, 1.54) is 25.7 Å². The molecule has 3 aliphatic rings. The van der Waals surface area contributed by atoms with E-state index in [4.69, 9.17) is 11.6 Å². The van der Waals surface area contributed by atoms with Crippen molar-refractivity contribution in [3.8, 4) is 6.07 Å². The number of anilines is 2. The van der Waals surface area contributed by atoms with Gasteiger partial charge in [-0.05, 0) is 66.2 Å². The lowest BCUT2D eigenvalue weighted by atomic mass is 9.96. The Morgan fingerprint density at radius 3 is 2.74 bits per heavy atom. The number of halogens is 1. The van der Waals surface area contributed by atoms with Crippen LogP contribution in [0.3, 0.4) is 0 Å². The number of pyridine rings is 2. The predicted octanol–water partition coefficient (Wildman–Crippen LogP) is 7.03. The SMILES string of the molecule is CC(C)(C)CNc1c(C#N)cnc2c(Cl)cc(N[C@H](C3=CN(C4(C5CC5)CC4)NN3)c3cccc4cnccc34)cc12. The fourth-order valence-electron chi connectivity index (χ4n) is 6.17. The van der Waals surface area contributed by atoms with Crippen molar-refractivity contribution in [3.63, 3.8) is 0 Å². The highest BCUT2D eigenvalue weighted by atomic mass is 35.5. The van der Waals surface area contributed by atoms with Crippen molar-refractivity contribution in [1.82, 2.24) is 25.9 Å². The van der Waals surface area contributed by atoms with Crippen LogP contribution in [0.4, 0.5) is 11.4 Å². The highest BCUT2D eigenvalue weighted by Crippen LogP contribution is 2.57. The van der Waals surface area contributed by atoms with Crippen LogP contribution in [-0.4, -0.2) is 27.1 Å². The fourth-order valence-corrected chi connectivity index (χ4v) is 6.44. The number of fused-ring (bicyclic) bond motifs is 2. The molecule has 0 spiro atoms. The second-order valence-corrected chi connectivity index (χ2v) is 13.4. The normalized spacial score (nSPS) is 18.4. The molecule has 4 aromatic rings. The number of benzene rings is 2. The molecule has 2 fully saturated rings. The molecular weight excluding hydrogens is 544 g/mol. The minimum atomic E-state index is -0.213. The molecule has 2 saturated carbocycles. The van der Waals surface area contributed by atoms with Crippen LogP contribution in [0.2, 0.25) is 5.02 Å². The van der Waals surface area contributed by atoms with Crippen molar-refractivity contribution in [1.29, 1.82) is 5.26 Å². The zero-order valence-corrected chi connectivity index (χ0v) is 24.9. The van der Waals surface area contributed by atoms with Crippen LogP contribution in [0.5, 0.6) is 0 Å². The number of nitrogens with zero attached hydrogens (tertiary/aromatic N) is 4. The minimum Gasteiger partial charge on any atom is -0.383 e. The van der Waals surface area contributed by atoms with Crippen LogP contribution in [-0.2, 0) is 0 Å². The van der Waals surface area contributed by atoms with Gasteiger partial charge < -0.3 is 16.1 Å². The van der Waals surface area contributed by atoms with Gasteiger partial charge in [-0.25, -0.2) is 0 Å². The Morgan fingerprint density at radius 1 is 1.17 bits per heavy atom. The topological polar surface area (TPSA) is 101 Å². The van der Waals surface area contributed by atoms with E-state index in [9.17, 15) is 5.26 Å². The van der Waals surface area contributed by atoms with E-state index in [0.717, 1.165) is 44.7 Å². The number of rotatable bonds is 8. The first-order valence-electron chi connectivity index (χ1n) is 14.6. The molecule has 2 aromatic heterocycles. The van der Waals surface area contributed by atoms with E-state index in [-0.39, 0.29) is 17.0 Å². The number of aromatic nitrogens is 2. The van der Waals surface area contributed by atoms with E-state index >= 15 is 0 Å². The van der Waals surface area contributed by atoms with Crippen molar-refractivity contribution in [2.45, 2.75) is 58.0 Å². The molecule has 1 atom stereocenters. The van der Waals surface area contributed by atoms with Crippen LogP contribution in [0.15, 0.2) is 66.9 Å². The van der Waals surface area contributed by atoms with Gasteiger partial charge in [-0.15, -0.1) is 5.53 Å². The van der Waals surface area contributed by atoms with E-state index < -0.39 is 0 Å². The van der Waals surface area contributed by atoms with Gasteiger partial charge in [0.15, 0.2) is 0 Å². The second kappa shape index (κ2) is 10.0. The molecule has 2 aliphatic carbocycles. The third kappa shape index (κ3) is 4.87. The maximum absolute atomic E-state index is 9.91. The van der Waals surface area contributed by atoms with Gasteiger partial charge in [0.1, 0.15) is 6.07 Å². The summed E-state index contributed by atoms with van der Waals surface area (Å²) in [5.41, 5.74) is 12.1. The standard InChI is InChI=1S/C33H35ClN8/c1-32(2,3)19-38-29-21(15-35)17-37-30-26(29)13-23(14-27(30)34)39-31(25-6-4-5-20-16-36-12-9-24(20)25)28-18-42(41-40-28)33(10-11-33)22-7-8-22/h4-6,9,12-14,16-18,22,31,39-41H,7-8,10-11,19H2,1-3H3,(H,37,38)/t31-/m0/s1. The van der Waals surface area contributed by atoms with E-state index in [1.807, 2.05) is 24.5 Å². The molecule has 0 amide bonds. The summed E-state index contributed by atoms with van der Waals surface area (Å²) in [6.07, 6.45) is 12.6. The number of nitriles is 1. The summed E-state index contributed by atoms with van der Waals surface area (Å²) >= 11 is 6.86. The summed E-state index contributed by atoms with van der Waals surface area (Å²) in [6.45, 7) is 7.18. The Labute approximate surface area is 251 Å². The van der Waals surface area contributed by atoms with Crippen molar-refractivity contribution >= 4 is 44.7 Å². The second-order valence-electron chi connectivity index (χ2n) is 13.0. The van der Waals surface area contributed by atoms with Gasteiger partial charge in [-0.2, -0.15) is 5.26 Å². The molecule has 2 aromatic carbocycles. The van der Waals surface area contributed by atoms with E-state index in [1.54, 1.807) is 6.20 Å². The molecule has 214 valence electrons. The number of hydrogen-bond acceptors (Lipinski definition) is 8. The molecule has 0 unspecified atom stereocenters. The first-order valence-corrected chi connectivity index (χ1v) is 15.0. The average molecular weight is 579 g/mol. The molecular formula is C33H35ClN8. The van der Waals surface area contributed by atoms with Gasteiger partial charge in [0.25, 0.3) is 0 Å². The quantitative estimate of drug-likeness (QED) is 0.177. The van der Waals surface area contributed by atoms with Crippen LogP contribution < -0.4 is 21.6 Å². The summed E-state index contributed by atoms with van der Waals surface area (Å²) < 4.78 is 0. The van der Waals surface area contributed by atoms with Gasteiger partial charge >= 0.3 is 0 Å². The largest absolute Gasteiger partial charge is 0.383 e. The third-order valence-electron chi connectivity index (χ3n) is 8.66. The third-order valence-corrected chi connectivity index (χ3v) is 8.94. The highest BCUT2D eigenvalue weighted by Gasteiger charge is 2.58. The Balaban J connectivity index is 1.32. The minimum absolute atomic E-state index is 0.0230. The molecule has 1 aliphatic heterocycles. The number of hydrogen-bond donors (Lipinski definition) is 4. The predicted molar refractivity (Wildman–Crippen MR) is 168 cm³/mol. The maximum atomic E-state index is 9.91. The maximum Gasteiger partial charge on any atom is 0.103 e. The first kappa shape index (κ1) is 26.8. The smallest absolute Gasteiger partial charge is 0.103 e. The lowest BCUT2D eigenvalue weighted by molar-refractivity contribution is 0.156. The summed E-state index contributed by atoms with van der Waals surface area (Å²) in [7, 11) is 0. The summed E-state index contributed by atoms with van der Waals surface area (Å²) in [4.78, 5) is 8.90. The van der Waals surface area contributed by atoms with Crippen molar-refractivity contribution in [3.05, 3.63) is 83.0 Å². The molecule has 8 nitrogen and oxygen atoms in total. The molecule has 9 heteroatoms. The Kier molecular flexibility index (Phi) is 6.41. The van der Waals surface area contributed by atoms with Gasteiger partial charge in [0, 0.05) is 47.8 Å². The van der Waals surface area contributed by atoms with Crippen LogP contribution >= 0.6 is 11.6 Å². The Bertz CT molecular complexity index is 1750. The summed E-state index contributed by atoms with van der Waals surface area (Å²) in [5.74, 6) is 0.762. The van der Waals surface area contributed by atoms with Crippen molar-refractivity contribution < 1.29 is 0 Å². The van der Waals surface area contributed by atoms with Crippen molar-refractivity contribution in [2.75, 3.05) is 17.2 Å². The van der Waals surface area contributed by atoms with Crippen LogP contribution in [0, 0.1) is 22.7 Å². The molecule has 7 rings (SSSR count). The zero-order chi connectivity index (χ0) is 29.1. The van der Waals surface area contributed by atoms with Crippen LogP contribution in [0.25, 0.3) is 21.7 Å². The van der Waals surface area contributed by atoms with E-state index in [2.05, 4.69) is 93.9 Å². The lowest BCUT2D eigenvalue weighted by Gasteiger charge is -2.26. The highest BCUT2D eigenvalue weighted by molar-refractivity contribution is 6.35. The molecule has 3 heterocycles. The van der Waals surface area contributed by atoms with Crippen molar-refractivity contribution in [2.24, 2.45) is 11.3 Å². The van der Waals surface area contributed by atoms with E-state index in [0.29, 0.717) is 22.6 Å². The van der Waals surface area contributed by atoms with Gasteiger partial charge in [-0.3, -0.25) is 15.0 Å². The number of hydrazine groups is 2. The molecule has 0 bridgehead atoms. The number of nitrogens with one attached hydrogen (secondary N) is 4. The monoisotopic (exact) mass is 578 g/mol. The molecule has 4 N–H and O–H groups in total. The Morgan fingerprint density at radius 2 is 2.00 bits per heavy atom. The molecule has 0 radical (unpaired) electrons. The Hall–Kier alpha value is -4.06. The van der Waals surface area contributed by atoms with Gasteiger partial charge in [0.2, 0.25) is 0 Å². The van der Waals surface area contributed by atoms with Gasteiger partial charge in [-0.1, -0.05) is 50.6 Å². The lowest BCUT2D eigenvalue weighted by Crippen LogP contribution is -2.46. The summed E-state index contributed by atoms with van der Waals surface area (Å²) in [6, 6.07) is 14.5. The average Bonchev–Trinajstić information content (AvgIpc) is 3.91. The fraction of sp³-hybridized carbons (Fsp3) is 0.364. The molecule has 42 heavy (non-hydrogen) atoms. The zero-order valence-electron chi connectivity index (χ0n) is 24.1. The molecule has 0 saturated heterocycles. The van der Waals surface area contributed by atoms with Crippen LogP contribution in [0.1, 0.15) is 63.6 Å².